The molecule has 0 amide bonds. The van der Waals surface area contributed by atoms with Gasteiger partial charge in [-0.15, -0.1) is 0 Å². The van der Waals surface area contributed by atoms with Crippen molar-refractivity contribution in [2.45, 2.75) is 19.0 Å². The van der Waals surface area contributed by atoms with Crippen molar-refractivity contribution in [1.29, 1.82) is 0 Å². The van der Waals surface area contributed by atoms with E-state index >= 15 is 0 Å². The molecule has 0 unspecified atom stereocenters. The third-order valence-corrected chi connectivity index (χ3v) is 4.34. The van der Waals surface area contributed by atoms with Crippen LogP contribution in [-0.4, -0.2) is 24.3 Å². The van der Waals surface area contributed by atoms with E-state index in [1.807, 2.05) is 30.3 Å². The molecule has 0 aliphatic carbocycles. The fourth-order valence-corrected chi connectivity index (χ4v) is 3.20. The Kier molecular flexibility index (Phi) is 5.37. The Morgan fingerprint density at radius 1 is 1.21 bits per heavy atom. The first-order valence-electron chi connectivity index (χ1n) is 7.74. The Bertz CT molecular complexity index is 720. The molecule has 0 saturated heterocycles. The highest BCUT2D eigenvalue weighted by molar-refractivity contribution is 9.10. The Morgan fingerprint density at radius 2 is 1.96 bits per heavy atom. The molecule has 2 aromatic rings. The van der Waals surface area contributed by atoms with Gasteiger partial charge in [0.1, 0.15) is 6.04 Å². The number of aliphatic carboxylic acids is 1. The van der Waals surface area contributed by atoms with Gasteiger partial charge < -0.3 is 14.6 Å². The van der Waals surface area contributed by atoms with E-state index in [0.29, 0.717) is 31.3 Å². The normalized spacial score (nSPS) is 14.7. The molecule has 0 spiro atoms. The number of fused-ring (bicyclic) bond motifs is 1. The van der Waals surface area contributed by atoms with Crippen LogP contribution in [0.25, 0.3) is 0 Å². The van der Waals surface area contributed by atoms with Crippen molar-refractivity contribution < 1.29 is 19.4 Å². The van der Waals surface area contributed by atoms with Crippen LogP contribution in [0.4, 0.5) is 0 Å². The summed E-state index contributed by atoms with van der Waals surface area (Å²) in [5, 5.41) is 12.6. The summed E-state index contributed by atoms with van der Waals surface area (Å²) in [5.74, 6) is 0.481. The van der Waals surface area contributed by atoms with Crippen LogP contribution in [0.5, 0.6) is 11.5 Å². The molecular weight excluding hydrogens is 374 g/mol. The molecule has 0 bridgehead atoms. The zero-order valence-electron chi connectivity index (χ0n) is 13.0. The van der Waals surface area contributed by atoms with E-state index in [-0.39, 0.29) is 0 Å². The van der Waals surface area contributed by atoms with Gasteiger partial charge in [0.2, 0.25) is 0 Å². The van der Waals surface area contributed by atoms with Crippen LogP contribution in [0.3, 0.4) is 0 Å². The second-order valence-corrected chi connectivity index (χ2v) is 6.37. The zero-order valence-corrected chi connectivity index (χ0v) is 14.6. The van der Waals surface area contributed by atoms with Crippen LogP contribution in [-0.2, 0) is 11.3 Å². The summed E-state index contributed by atoms with van der Waals surface area (Å²) in [6.45, 7) is 1.64. The van der Waals surface area contributed by atoms with Crippen molar-refractivity contribution in [3.8, 4) is 11.5 Å². The molecule has 0 aromatic heterocycles. The molecule has 6 heteroatoms. The lowest BCUT2D eigenvalue weighted by Crippen LogP contribution is -2.28. The molecule has 1 aliphatic rings. The van der Waals surface area contributed by atoms with E-state index in [0.717, 1.165) is 22.0 Å². The first-order chi connectivity index (χ1) is 11.6. The van der Waals surface area contributed by atoms with Crippen LogP contribution < -0.4 is 14.8 Å². The molecule has 0 fully saturated rings. The van der Waals surface area contributed by atoms with Crippen LogP contribution in [0.2, 0.25) is 0 Å². The summed E-state index contributed by atoms with van der Waals surface area (Å²) in [6, 6.07) is 12.2. The maximum atomic E-state index is 11.5. The predicted octanol–water partition coefficient (Wildman–Crippen LogP) is 3.53. The zero-order chi connectivity index (χ0) is 16.9. The Balaban J connectivity index is 1.77. The molecule has 1 aliphatic heterocycles. The van der Waals surface area contributed by atoms with E-state index in [1.54, 1.807) is 12.1 Å². The van der Waals surface area contributed by atoms with E-state index in [9.17, 15) is 9.90 Å². The van der Waals surface area contributed by atoms with Crippen LogP contribution in [0.15, 0.2) is 46.9 Å². The van der Waals surface area contributed by atoms with Crippen molar-refractivity contribution in [2.24, 2.45) is 0 Å². The lowest BCUT2D eigenvalue weighted by atomic mass is 10.1. The highest BCUT2D eigenvalue weighted by Gasteiger charge is 2.20. The van der Waals surface area contributed by atoms with Gasteiger partial charge in [0, 0.05) is 13.0 Å². The number of hydrogen-bond donors (Lipinski definition) is 2. The minimum absolute atomic E-state index is 0.404. The van der Waals surface area contributed by atoms with Gasteiger partial charge in [-0.25, -0.2) is 0 Å². The van der Waals surface area contributed by atoms with Gasteiger partial charge in [0.15, 0.2) is 11.5 Å². The molecule has 24 heavy (non-hydrogen) atoms. The van der Waals surface area contributed by atoms with E-state index < -0.39 is 12.0 Å². The number of carboxylic acids is 1. The van der Waals surface area contributed by atoms with Crippen molar-refractivity contribution in [3.05, 3.63) is 58.1 Å². The number of rotatable bonds is 5. The number of ether oxygens (including phenoxy) is 2. The summed E-state index contributed by atoms with van der Waals surface area (Å²) in [6.07, 6.45) is 0.837. The Morgan fingerprint density at radius 3 is 2.71 bits per heavy atom. The number of carbonyl (C=O) groups is 1. The predicted molar refractivity (Wildman–Crippen MR) is 93.4 cm³/mol. The van der Waals surface area contributed by atoms with Gasteiger partial charge in [0.25, 0.3) is 0 Å². The molecule has 126 valence electrons. The Labute approximate surface area is 148 Å². The summed E-state index contributed by atoms with van der Waals surface area (Å²) in [4.78, 5) is 11.5. The molecule has 0 saturated carbocycles. The SMILES string of the molecule is O=C(O)[C@@H](NCc1cc(Br)c2c(c1)OCCCO2)c1ccccc1. The molecule has 3 rings (SSSR count). The molecule has 2 aromatic carbocycles. The van der Waals surface area contributed by atoms with Crippen molar-refractivity contribution in [2.75, 3.05) is 13.2 Å². The monoisotopic (exact) mass is 391 g/mol. The minimum atomic E-state index is -0.908. The lowest BCUT2D eigenvalue weighted by Gasteiger charge is -2.16. The smallest absolute Gasteiger partial charge is 0.325 e. The molecule has 0 radical (unpaired) electrons. The quantitative estimate of drug-likeness (QED) is 0.815. The summed E-state index contributed by atoms with van der Waals surface area (Å²) in [5.41, 5.74) is 1.65. The highest BCUT2D eigenvalue weighted by atomic mass is 79.9. The molecule has 1 heterocycles. The number of hydrogen-bond acceptors (Lipinski definition) is 4. The number of benzene rings is 2. The number of nitrogens with one attached hydrogen (secondary N) is 1. The largest absolute Gasteiger partial charge is 0.490 e. The first-order valence-corrected chi connectivity index (χ1v) is 8.53. The standard InChI is InChI=1S/C18H18BrNO4/c19-14-9-12(10-15-17(14)24-8-4-7-23-15)11-20-16(18(21)22)13-5-2-1-3-6-13/h1-3,5-6,9-10,16,20H,4,7-8,11H2,(H,21,22)/t16-/m0/s1. The summed E-state index contributed by atoms with van der Waals surface area (Å²) < 4.78 is 12.2. The fraction of sp³-hybridized carbons (Fsp3) is 0.278. The summed E-state index contributed by atoms with van der Waals surface area (Å²) >= 11 is 3.50. The average Bonchev–Trinajstić information content (AvgIpc) is 2.81. The number of carboxylic acid groups (broad SMARTS) is 1. The first kappa shape index (κ1) is 16.8. The Hall–Kier alpha value is -2.05. The van der Waals surface area contributed by atoms with E-state index in [1.165, 1.54) is 0 Å². The number of halogens is 1. The second-order valence-electron chi connectivity index (χ2n) is 5.52. The van der Waals surface area contributed by atoms with Crippen molar-refractivity contribution >= 4 is 21.9 Å². The van der Waals surface area contributed by atoms with E-state index in [4.69, 9.17) is 9.47 Å². The topological polar surface area (TPSA) is 67.8 Å². The van der Waals surface area contributed by atoms with Gasteiger partial charge >= 0.3 is 5.97 Å². The van der Waals surface area contributed by atoms with E-state index in [2.05, 4.69) is 21.2 Å². The van der Waals surface area contributed by atoms with Gasteiger partial charge in [-0.05, 0) is 39.2 Å². The lowest BCUT2D eigenvalue weighted by molar-refractivity contribution is -0.139. The average molecular weight is 392 g/mol. The van der Waals surface area contributed by atoms with Crippen LogP contribution in [0.1, 0.15) is 23.6 Å². The van der Waals surface area contributed by atoms with Crippen molar-refractivity contribution in [3.63, 3.8) is 0 Å². The molecular formula is C18H18BrNO4. The molecule has 2 N–H and O–H groups in total. The highest BCUT2D eigenvalue weighted by Crippen LogP contribution is 2.38. The van der Waals surface area contributed by atoms with Crippen molar-refractivity contribution in [1.82, 2.24) is 5.32 Å². The van der Waals surface area contributed by atoms with Gasteiger partial charge in [-0.2, -0.15) is 0 Å². The van der Waals surface area contributed by atoms with Gasteiger partial charge in [-0.1, -0.05) is 30.3 Å². The van der Waals surface area contributed by atoms with Crippen LogP contribution >= 0.6 is 15.9 Å². The molecule has 1 atom stereocenters. The maximum Gasteiger partial charge on any atom is 0.325 e. The third-order valence-electron chi connectivity index (χ3n) is 3.75. The second kappa shape index (κ2) is 7.68. The molecule has 5 nitrogen and oxygen atoms in total. The summed E-state index contributed by atoms with van der Waals surface area (Å²) in [7, 11) is 0. The van der Waals surface area contributed by atoms with Gasteiger partial charge in [0.05, 0.1) is 17.7 Å². The minimum Gasteiger partial charge on any atom is -0.490 e. The fourth-order valence-electron chi connectivity index (χ4n) is 2.60. The maximum absolute atomic E-state index is 11.5. The van der Waals surface area contributed by atoms with Crippen LogP contribution in [0, 0.1) is 0 Å². The third kappa shape index (κ3) is 3.88. The van der Waals surface area contributed by atoms with Gasteiger partial charge in [-0.3, -0.25) is 10.1 Å².